The minimum absolute atomic E-state index is 0.0817. The number of hydrogen-bond donors (Lipinski definition) is 1. The second kappa shape index (κ2) is 6.03. The Morgan fingerprint density at radius 3 is 3.04 bits per heavy atom. The van der Waals surface area contributed by atoms with Crippen molar-refractivity contribution >= 4 is 22.4 Å². The molecule has 3 saturated heterocycles. The maximum atomic E-state index is 13.0. The Kier molecular flexibility index (Phi) is 3.76. The Hall–Kier alpha value is -1.99. The SMILES string of the molecule is O=C(NC[C@H]1[C@H]2CN(c3nccs3)C[C@]23CC[C@H]1O3)c1ccc(F)cc1. The quantitative estimate of drug-likeness (QED) is 0.895. The van der Waals surface area contributed by atoms with E-state index in [0.717, 1.165) is 31.1 Å². The lowest BCUT2D eigenvalue weighted by Gasteiger charge is -2.29. The lowest BCUT2D eigenvalue weighted by molar-refractivity contribution is 0.0141. The van der Waals surface area contributed by atoms with Gasteiger partial charge in [-0.15, -0.1) is 11.3 Å². The van der Waals surface area contributed by atoms with Crippen LogP contribution in [0.2, 0.25) is 0 Å². The van der Waals surface area contributed by atoms with E-state index in [1.54, 1.807) is 11.3 Å². The summed E-state index contributed by atoms with van der Waals surface area (Å²) >= 11 is 1.66. The Bertz CT molecular complexity index is 813. The molecule has 136 valence electrons. The number of benzene rings is 1. The van der Waals surface area contributed by atoms with E-state index in [-0.39, 0.29) is 23.4 Å². The molecule has 1 N–H and O–H groups in total. The number of anilines is 1. The number of carbonyl (C=O) groups excluding carboxylic acids is 1. The van der Waals surface area contributed by atoms with Gasteiger partial charge in [0.25, 0.3) is 5.91 Å². The van der Waals surface area contributed by atoms with Gasteiger partial charge >= 0.3 is 0 Å². The van der Waals surface area contributed by atoms with Crippen molar-refractivity contribution in [3.63, 3.8) is 0 Å². The minimum atomic E-state index is -0.335. The van der Waals surface area contributed by atoms with Crippen LogP contribution < -0.4 is 10.2 Å². The van der Waals surface area contributed by atoms with E-state index in [0.29, 0.717) is 23.9 Å². The number of nitrogens with zero attached hydrogens (tertiary/aromatic N) is 2. The monoisotopic (exact) mass is 373 g/mol. The second-order valence-electron chi connectivity index (χ2n) is 7.44. The first kappa shape index (κ1) is 16.2. The van der Waals surface area contributed by atoms with Gasteiger partial charge in [0.2, 0.25) is 0 Å². The summed E-state index contributed by atoms with van der Waals surface area (Å²) in [4.78, 5) is 19.1. The normalized spacial score (nSPS) is 32.0. The summed E-state index contributed by atoms with van der Waals surface area (Å²) in [6.07, 6.45) is 4.21. The number of rotatable bonds is 4. The largest absolute Gasteiger partial charge is 0.369 e. The van der Waals surface area contributed by atoms with Gasteiger partial charge in [0.15, 0.2) is 5.13 Å². The van der Waals surface area contributed by atoms with Gasteiger partial charge in [-0.2, -0.15) is 0 Å². The first-order chi connectivity index (χ1) is 12.6. The van der Waals surface area contributed by atoms with Crippen LogP contribution in [0.4, 0.5) is 9.52 Å². The molecule has 1 aromatic heterocycles. The number of halogens is 1. The molecule has 3 aliphatic rings. The van der Waals surface area contributed by atoms with Gasteiger partial charge in [0, 0.05) is 48.6 Å². The van der Waals surface area contributed by atoms with Crippen LogP contribution in [0.15, 0.2) is 35.8 Å². The second-order valence-corrected chi connectivity index (χ2v) is 8.32. The summed E-state index contributed by atoms with van der Waals surface area (Å²) in [6.45, 7) is 2.42. The van der Waals surface area contributed by atoms with Gasteiger partial charge in [-0.3, -0.25) is 4.79 Å². The minimum Gasteiger partial charge on any atom is -0.369 e. The number of ether oxygens (including phenoxy) is 1. The van der Waals surface area contributed by atoms with E-state index >= 15 is 0 Å². The molecule has 0 saturated carbocycles. The molecule has 0 unspecified atom stereocenters. The number of aromatic nitrogens is 1. The average molecular weight is 373 g/mol. The molecular formula is C19H20FN3O2S. The summed E-state index contributed by atoms with van der Waals surface area (Å²) in [5.41, 5.74) is 0.405. The molecule has 5 nitrogen and oxygen atoms in total. The molecule has 26 heavy (non-hydrogen) atoms. The molecule has 1 aromatic carbocycles. The van der Waals surface area contributed by atoms with Crippen molar-refractivity contribution in [1.29, 1.82) is 0 Å². The van der Waals surface area contributed by atoms with E-state index < -0.39 is 0 Å². The van der Waals surface area contributed by atoms with Crippen LogP contribution in [0.3, 0.4) is 0 Å². The fourth-order valence-electron chi connectivity index (χ4n) is 4.90. The summed E-state index contributed by atoms with van der Waals surface area (Å²) in [5, 5.41) is 6.08. The molecule has 3 aliphatic heterocycles. The van der Waals surface area contributed by atoms with E-state index in [2.05, 4.69) is 15.2 Å². The molecule has 0 radical (unpaired) electrons. The van der Waals surface area contributed by atoms with Crippen molar-refractivity contribution in [1.82, 2.24) is 10.3 Å². The molecule has 3 fully saturated rings. The topological polar surface area (TPSA) is 54.5 Å². The third-order valence-corrected chi connectivity index (χ3v) is 6.91. The van der Waals surface area contributed by atoms with E-state index in [1.807, 2.05) is 11.6 Å². The zero-order valence-electron chi connectivity index (χ0n) is 14.2. The molecule has 5 rings (SSSR count). The first-order valence-electron chi connectivity index (χ1n) is 9.01. The van der Waals surface area contributed by atoms with Crippen LogP contribution in [0.1, 0.15) is 23.2 Å². The predicted molar refractivity (Wildman–Crippen MR) is 96.9 cm³/mol. The Balaban J connectivity index is 1.28. The zero-order chi connectivity index (χ0) is 17.7. The summed E-state index contributed by atoms with van der Waals surface area (Å²) in [5.74, 6) is 0.242. The standard InChI is InChI=1S/C19H20FN3O2S/c20-13-3-1-12(2-4-13)17(24)22-9-14-15-10-23(18-21-7-8-26-18)11-19(15)6-5-16(14)25-19/h1-4,7-8,14-16H,5-6,9-11H2,(H,22,24)/t14-,15+,16+,19+/m0/s1. The molecule has 1 amide bonds. The fourth-order valence-corrected chi connectivity index (χ4v) is 5.55. The van der Waals surface area contributed by atoms with Crippen molar-refractivity contribution in [3.8, 4) is 0 Å². The maximum absolute atomic E-state index is 13.0. The van der Waals surface area contributed by atoms with Gasteiger partial charge in [-0.25, -0.2) is 9.37 Å². The van der Waals surface area contributed by atoms with Crippen molar-refractivity contribution in [2.45, 2.75) is 24.5 Å². The summed E-state index contributed by atoms with van der Waals surface area (Å²) < 4.78 is 19.4. The van der Waals surface area contributed by atoms with Crippen LogP contribution in [-0.2, 0) is 4.74 Å². The van der Waals surface area contributed by atoms with E-state index in [4.69, 9.17) is 4.74 Å². The lowest BCUT2D eigenvalue weighted by Crippen LogP contribution is -2.41. The van der Waals surface area contributed by atoms with Crippen molar-refractivity contribution in [2.75, 3.05) is 24.5 Å². The fraction of sp³-hybridized carbons (Fsp3) is 0.474. The summed E-state index contributed by atoms with van der Waals surface area (Å²) in [7, 11) is 0. The van der Waals surface area contributed by atoms with Gasteiger partial charge in [0.1, 0.15) is 5.82 Å². The highest BCUT2D eigenvalue weighted by atomic mass is 32.1. The van der Waals surface area contributed by atoms with Crippen molar-refractivity contribution < 1.29 is 13.9 Å². The molecule has 2 aromatic rings. The highest BCUT2D eigenvalue weighted by molar-refractivity contribution is 7.13. The van der Waals surface area contributed by atoms with Gasteiger partial charge in [-0.05, 0) is 37.1 Å². The number of nitrogens with one attached hydrogen (secondary N) is 1. The third-order valence-electron chi connectivity index (χ3n) is 6.08. The molecule has 0 aliphatic carbocycles. The van der Waals surface area contributed by atoms with Crippen molar-refractivity contribution in [3.05, 3.63) is 47.2 Å². The van der Waals surface area contributed by atoms with Crippen LogP contribution in [0.25, 0.3) is 0 Å². The molecule has 7 heteroatoms. The zero-order valence-corrected chi connectivity index (χ0v) is 15.0. The van der Waals surface area contributed by atoms with Crippen LogP contribution in [0.5, 0.6) is 0 Å². The lowest BCUT2D eigenvalue weighted by atomic mass is 9.73. The Morgan fingerprint density at radius 2 is 2.27 bits per heavy atom. The molecular weight excluding hydrogens is 353 g/mol. The molecule has 4 atom stereocenters. The Labute approximate surface area is 155 Å². The average Bonchev–Trinajstić information content (AvgIpc) is 3.40. The number of thiazole rings is 1. The van der Waals surface area contributed by atoms with Crippen LogP contribution in [-0.4, -0.2) is 42.2 Å². The van der Waals surface area contributed by atoms with Gasteiger partial charge in [0.05, 0.1) is 11.7 Å². The van der Waals surface area contributed by atoms with Crippen molar-refractivity contribution in [2.24, 2.45) is 11.8 Å². The third kappa shape index (κ3) is 2.53. The number of hydrogen-bond acceptors (Lipinski definition) is 5. The highest BCUT2D eigenvalue weighted by Crippen LogP contribution is 2.55. The highest BCUT2D eigenvalue weighted by Gasteiger charge is 2.63. The number of carbonyl (C=O) groups is 1. The smallest absolute Gasteiger partial charge is 0.251 e. The van der Waals surface area contributed by atoms with E-state index in [9.17, 15) is 9.18 Å². The number of amides is 1. The van der Waals surface area contributed by atoms with Gasteiger partial charge < -0.3 is 15.0 Å². The molecule has 4 heterocycles. The Morgan fingerprint density at radius 1 is 1.42 bits per heavy atom. The van der Waals surface area contributed by atoms with Crippen LogP contribution >= 0.6 is 11.3 Å². The maximum Gasteiger partial charge on any atom is 0.251 e. The van der Waals surface area contributed by atoms with Crippen LogP contribution in [0, 0.1) is 17.7 Å². The summed E-state index contributed by atoms with van der Waals surface area (Å²) in [6, 6.07) is 5.66. The molecule has 2 bridgehead atoms. The van der Waals surface area contributed by atoms with Gasteiger partial charge in [-0.1, -0.05) is 0 Å². The number of fused-ring (bicyclic) bond motifs is 1. The van der Waals surface area contributed by atoms with E-state index in [1.165, 1.54) is 24.3 Å². The molecule has 1 spiro atoms. The first-order valence-corrected chi connectivity index (χ1v) is 9.89. The predicted octanol–water partition coefficient (Wildman–Crippen LogP) is 2.70.